The molecule has 21 heavy (non-hydrogen) atoms. The van der Waals surface area contributed by atoms with Crippen molar-refractivity contribution in [2.24, 2.45) is 5.73 Å². The number of carboxylic acids is 1. The Labute approximate surface area is 120 Å². The summed E-state index contributed by atoms with van der Waals surface area (Å²) in [6.07, 6.45) is -0.0446. The number of nitrogens with two attached hydrogens (primary N) is 1. The Hall–Kier alpha value is -2.48. The van der Waals surface area contributed by atoms with E-state index in [-0.39, 0.29) is 19.5 Å². The molecule has 7 nitrogen and oxygen atoms in total. The molecule has 2 amide bonds. The highest BCUT2D eigenvalue weighted by Gasteiger charge is 2.14. The van der Waals surface area contributed by atoms with Crippen LogP contribution in [-0.4, -0.2) is 47.4 Å². The van der Waals surface area contributed by atoms with Crippen LogP contribution in [0.2, 0.25) is 0 Å². The topological polar surface area (TPSA) is 113 Å². The summed E-state index contributed by atoms with van der Waals surface area (Å²) < 4.78 is 12.9. The van der Waals surface area contributed by atoms with Gasteiger partial charge in [0.1, 0.15) is 5.82 Å². The molecule has 0 aliphatic heterocycles. The van der Waals surface area contributed by atoms with Crippen molar-refractivity contribution >= 4 is 23.5 Å². The predicted octanol–water partition coefficient (Wildman–Crippen LogP) is 0.0262. The summed E-state index contributed by atoms with van der Waals surface area (Å²) in [7, 11) is 0. The first-order valence-electron chi connectivity index (χ1n) is 6.14. The number of nitrogens with one attached hydrogen (secondary N) is 1. The van der Waals surface area contributed by atoms with Crippen molar-refractivity contribution in [3.8, 4) is 0 Å². The molecule has 0 aliphatic rings. The minimum atomic E-state index is -1.12. The van der Waals surface area contributed by atoms with E-state index >= 15 is 0 Å². The third-order valence-corrected chi connectivity index (χ3v) is 2.50. The summed E-state index contributed by atoms with van der Waals surface area (Å²) in [6.45, 7) is -0.591. The summed E-state index contributed by atoms with van der Waals surface area (Å²) in [6, 6.07) is 5.39. The zero-order valence-corrected chi connectivity index (χ0v) is 11.2. The predicted molar refractivity (Wildman–Crippen MR) is 72.9 cm³/mol. The Bertz CT molecular complexity index is 520. The molecule has 0 spiro atoms. The van der Waals surface area contributed by atoms with Gasteiger partial charge in [0.15, 0.2) is 0 Å². The number of carbonyl (C=O) groups is 3. The second-order valence-electron chi connectivity index (χ2n) is 4.38. The Morgan fingerprint density at radius 3 is 2.57 bits per heavy atom. The highest BCUT2D eigenvalue weighted by molar-refractivity contribution is 5.90. The third-order valence-electron chi connectivity index (χ3n) is 2.50. The van der Waals surface area contributed by atoms with Gasteiger partial charge in [-0.1, -0.05) is 6.07 Å². The van der Waals surface area contributed by atoms with Gasteiger partial charge in [-0.3, -0.25) is 19.3 Å². The number of hydrogen-bond donors (Lipinski definition) is 3. The molecule has 0 saturated heterocycles. The molecule has 0 aromatic heterocycles. The minimum absolute atomic E-state index is 0.0446. The Morgan fingerprint density at radius 1 is 1.29 bits per heavy atom. The van der Waals surface area contributed by atoms with Crippen molar-refractivity contribution in [2.45, 2.75) is 6.42 Å². The van der Waals surface area contributed by atoms with Crippen LogP contribution in [0.15, 0.2) is 24.3 Å². The summed E-state index contributed by atoms with van der Waals surface area (Å²) in [4.78, 5) is 34.4. The van der Waals surface area contributed by atoms with E-state index in [1.54, 1.807) is 0 Å². The van der Waals surface area contributed by atoms with Gasteiger partial charge < -0.3 is 16.2 Å². The molecule has 0 unspecified atom stereocenters. The van der Waals surface area contributed by atoms with Gasteiger partial charge in [-0.15, -0.1) is 0 Å². The zero-order chi connectivity index (χ0) is 15.8. The molecular formula is C13H16FN3O4. The van der Waals surface area contributed by atoms with E-state index in [1.165, 1.54) is 23.1 Å². The second kappa shape index (κ2) is 7.95. The van der Waals surface area contributed by atoms with Crippen molar-refractivity contribution in [1.29, 1.82) is 0 Å². The number of nitrogens with zero attached hydrogens (tertiary/aromatic N) is 1. The van der Waals surface area contributed by atoms with Gasteiger partial charge in [-0.25, -0.2) is 4.39 Å². The van der Waals surface area contributed by atoms with Crippen LogP contribution in [0.5, 0.6) is 0 Å². The van der Waals surface area contributed by atoms with Crippen molar-refractivity contribution in [1.82, 2.24) is 4.90 Å². The molecule has 0 radical (unpaired) electrons. The second-order valence-corrected chi connectivity index (χ2v) is 4.38. The molecule has 1 rings (SSSR count). The van der Waals surface area contributed by atoms with Crippen LogP contribution in [0.4, 0.5) is 10.1 Å². The summed E-state index contributed by atoms with van der Waals surface area (Å²) >= 11 is 0. The van der Waals surface area contributed by atoms with E-state index < -0.39 is 30.1 Å². The van der Waals surface area contributed by atoms with Gasteiger partial charge in [0, 0.05) is 18.7 Å². The number of anilines is 1. The molecule has 0 aliphatic carbocycles. The van der Waals surface area contributed by atoms with Gasteiger partial charge in [-0.05, 0) is 18.2 Å². The number of halogens is 1. The number of benzene rings is 1. The lowest BCUT2D eigenvalue weighted by Gasteiger charge is -2.17. The van der Waals surface area contributed by atoms with Crippen LogP contribution < -0.4 is 11.1 Å². The molecule has 0 fully saturated rings. The molecule has 8 heteroatoms. The molecule has 0 heterocycles. The van der Waals surface area contributed by atoms with E-state index in [0.717, 1.165) is 6.07 Å². The average molecular weight is 297 g/mol. The van der Waals surface area contributed by atoms with Crippen LogP contribution in [0, 0.1) is 5.82 Å². The summed E-state index contributed by atoms with van der Waals surface area (Å²) in [5, 5.41) is 11.2. The Morgan fingerprint density at radius 2 is 2.00 bits per heavy atom. The highest BCUT2D eigenvalue weighted by Crippen LogP contribution is 2.09. The summed E-state index contributed by atoms with van der Waals surface area (Å²) in [5.74, 6) is -2.70. The molecule has 1 aromatic carbocycles. The fraction of sp³-hybridized carbons (Fsp3) is 0.308. The van der Waals surface area contributed by atoms with Crippen LogP contribution in [0.25, 0.3) is 0 Å². The normalized spacial score (nSPS) is 10.4. The van der Waals surface area contributed by atoms with Gasteiger partial charge in [0.05, 0.1) is 13.1 Å². The van der Waals surface area contributed by atoms with E-state index in [9.17, 15) is 18.8 Å². The van der Waals surface area contributed by atoms with Crippen molar-refractivity contribution in [3.63, 3.8) is 0 Å². The quantitative estimate of drug-likeness (QED) is 0.626. The van der Waals surface area contributed by atoms with Crippen LogP contribution in [-0.2, 0) is 14.4 Å². The number of aliphatic carboxylic acids is 1. The molecule has 0 saturated carbocycles. The number of amides is 2. The largest absolute Gasteiger partial charge is 0.480 e. The van der Waals surface area contributed by atoms with Crippen molar-refractivity contribution in [3.05, 3.63) is 30.1 Å². The fourth-order valence-corrected chi connectivity index (χ4v) is 1.68. The lowest BCUT2D eigenvalue weighted by Crippen LogP contribution is -2.39. The standard InChI is InChI=1S/C13H16FN3O4/c14-9-2-1-3-10(6-9)16-12(19)4-5-17(7-11(15)18)8-13(20)21/h1-3,6H,4-5,7-8H2,(H2,15,18)(H,16,19)(H,20,21). The molecule has 1 aromatic rings. The van der Waals surface area contributed by atoms with Gasteiger partial charge >= 0.3 is 5.97 Å². The fourth-order valence-electron chi connectivity index (χ4n) is 1.68. The molecule has 4 N–H and O–H groups in total. The zero-order valence-electron chi connectivity index (χ0n) is 11.2. The number of primary amides is 1. The van der Waals surface area contributed by atoms with Crippen LogP contribution >= 0.6 is 0 Å². The van der Waals surface area contributed by atoms with Crippen LogP contribution in [0.3, 0.4) is 0 Å². The third kappa shape index (κ3) is 7.02. The smallest absolute Gasteiger partial charge is 0.317 e. The first kappa shape index (κ1) is 16.6. The highest BCUT2D eigenvalue weighted by atomic mass is 19.1. The van der Waals surface area contributed by atoms with E-state index in [2.05, 4.69) is 5.32 Å². The monoisotopic (exact) mass is 297 g/mol. The van der Waals surface area contributed by atoms with Crippen molar-refractivity contribution in [2.75, 3.05) is 25.0 Å². The lowest BCUT2D eigenvalue weighted by molar-refractivity contribution is -0.139. The number of carboxylic acid groups (broad SMARTS) is 1. The van der Waals surface area contributed by atoms with Gasteiger partial charge in [0.2, 0.25) is 11.8 Å². The SMILES string of the molecule is NC(=O)CN(CCC(=O)Nc1cccc(F)c1)CC(=O)O. The minimum Gasteiger partial charge on any atom is -0.480 e. The maximum absolute atomic E-state index is 12.9. The number of carbonyl (C=O) groups excluding carboxylic acids is 2. The average Bonchev–Trinajstić information content (AvgIpc) is 2.34. The lowest BCUT2D eigenvalue weighted by atomic mass is 10.3. The van der Waals surface area contributed by atoms with Crippen molar-refractivity contribution < 1.29 is 23.9 Å². The molecule has 0 atom stereocenters. The molecule has 114 valence electrons. The Balaban J connectivity index is 2.48. The first-order valence-corrected chi connectivity index (χ1v) is 6.14. The van der Waals surface area contributed by atoms with E-state index in [4.69, 9.17) is 10.8 Å². The van der Waals surface area contributed by atoms with Crippen LogP contribution in [0.1, 0.15) is 6.42 Å². The maximum Gasteiger partial charge on any atom is 0.317 e. The number of rotatable bonds is 8. The van der Waals surface area contributed by atoms with E-state index in [0.29, 0.717) is 5.69 Å². The first-order chi connectivity index (χ1) is 9.86. The van der Waals surface area contributed by atoms with Gasteiger partial charge in [0.25, 0.3) is 0 Å². The Kier molecular flexibility index (Phi) is 6.28. The van der Waals surface area contributed by atoms with E-state index in [1.807, 2.05) is 0 Å². The van der Waals surface area contributed by atoms with Gasteiger partial charge in [-0.2, -0.15) is 0 Å². The molecular weight excluding hydrogens is 281 g/mol. The molecule has 0 bridgehead atoms. The summed E-state index contributed by atoms with van der Waals surface area (Å²) in [5.41, 5.74) is 5.31. The maximum atomic E-state index is 12.9. The number of hydrogen-bond acceptors (Lipinski definition) is 4.